The molecule has 112 valence electrons. The van der Waals surface area contributed by atoms with Gasteiger partial charge < -0.3 is 15.3 Å². The minimum Gasteiger partial charge on any atom is -0.396 e. The Bertz CT molecular complexity index is 257. The van der Waals surface area contributed by atoms with Gasteiger partial charge in [0.2, 0.25) is 11.8 Å². The summed E-state index contributed by atoms with van der Waals surface area (Å²) in [6, 6.07) is 0. The van der Waals surface area contributed by atoms with E-state index in [1.807, 2.05) is 7.05 Å². The lowest BCUT2D eigenvalue weighted by Crippen LogP contribution is -2.27. The molecule has 19 heavy (non-hydrogen) atoms. The highest BCUT2D eigenvalue weighted by Crippen LogP contribution is 2.04. The van der Waals surface area contributed by atoms with Crippen molar-refractivity contribution >= 4 is 11.8 Å². The van der Waals surface area contributed by atoms with Crippen LogP contribution in [0.1, 0.15) is 51.9 Å². The van der Waals surface area contributed by atoms with Crippen molar-refractivity contribution in [2.75, 3.05) is 26.7 Å². The molecule has 2 N–H and O–H groups in total. The molecule has 0 atom stereocenters. The predicted octanol–water partition coefficient (Wildman–Crippen LogP) is 1.30. The molecule has 0 rings (SSSR count). The quantitative estimate of drug-likeness (QED) is 0.557. The first-order chi connectivity index (χ1) is 9.07. The lowest BCUT2D eigenvalue weighted by atomic mass is 10.1. The number of nitrogens with one attached hydrogen (secondary N) is 1. The molecular formula is C14H28N2O3. The second-order valence-electron chi connectivity index (χ2n) is 4.89. The third-order valence-corrected chi connectivity index (χ3v) is 3.02. The molecule has 0 aliphatic heterocycles. The second-order valence-corrected chi connectivity index (χ2v) is 4.89. The highest BCUT2D eigenvalue weighted by Gasteiger charge is 2.07. The molecule has 0 aliphatic carbocycles. The molecule has 0 fully saturated rings. The van der Waals surface area contributed by atoms with Crippen molar-refractivity contribution in [2.45, 2.75) is 51.9 Å². The van der Waals surface area contributed by atoms with Crippen LogP contribution in [-0.4, -0.2) is 48.6 Å². The highest BCUT2D eigenvalue weighted by atomic mass is 16.3. The number of hydrogen-bond donors (Lipinski definition) is 2. The van der Waals surface area contributed by atoms with Crippen molar-refractivity contribution in [1.29, 1.82) is 0 Å². The summed E-state index contributed by atoms with van der Waals surface area (Å²) in [4.78, 5) is 24.2. The normalized spacial score (nSPS) is 10.3. The molecule has 0 aliphatic rings. The fourth-order valence-electron chi connectivity index (χ4n) is 1.80. The number of carbonyl (C=O) groups is 2. The molecule has 5 nitrogen and oxygen atoms in total. The van der Waals surface area contributed by atoms with E-state index in [1.54, 1.807) is 4.90 Å². The number of aliphatic hydroxyl groups is 1. The van der Waals surface area contributed by atoms with E-state index >= 15 is 0 Å². The summed E-state index contributed by atoms with van der Waals surface area (Å²) in [5, 5.41) is 11.4. The first kappa shape index (κ1) is 17.9. The van der Waals surface area contributed by atoms with Crippen molar-refractivity contribution < 1.29 is 14.7 Å². The van der Waals surface area contributed by atoms with Crippen molar-refractivity contribution in [3.8, 4) is 0 Å². The van der Waals surface area contributed by atoms with E-state index in [1.165, 1.54) is 6.92 Å². The van der Waals surface area contributed by atoms with Crippen LogP contribution in [0.4, 0.5) is 0 Å². The Labute approximate surface area is 116 Å². The van der Waals surface area contributed by atoms with Crippen LogP contribution >= 0.6 is 0 Å². The average molecular weight is 272 g/mol. The van der Waals surface area contributed by atoms with Crippen LogP contribution in [0.25, 0.3) is 0 Å². The molecular weight excluding hydrogens is 244 g/mol. The van der Waals surface area contributed by atoms with Gasteiger partial charge in [-0.15, -0.1) is 0 Å². The van der Waals surface area contributed by atoms with Gasteiger partial charge in [0, 0.05) is 40.1 Å². The van der Waals surface area contributed by atoms with Gasteiger partial charge in [-0.05, 0) is 32.1 Å². The Balaban J connectivity index is 3.43. The Kier molecular flexibility index (Phi) is 11.3. The molecule has 2 amide bonds. The van der Waals surface area contributed by atoms with Crippen molar-refractivity contribution in [2.24, 2.45) is 0 Å². The van der Waals surface area contributed by atoms with Crippen LogP contribution in [0.15, 0.2) is 0 Å². The zero-order valence-corrected chi connectivity index (χ0v) is 12.3. The Hall–Kier alpha value is -1.10. The number of rotatable bonds is 11. The monoisotopic (exact) mass is 272 g/mol. The van der Waals surface area contributed by atoms with Gasteiger partial charge in [0.1, 0.15) is 0 Å². The van der Waals surface area contributed by atoms with Gasteiger partial charge in [-0.25, -0.2) is 0 Å². The number of unbranched alkanes of at least 4 members (excludes halogenated alkanes) is 4. The van der Waals surface area contributed by atoms with Gasteiger partial charge in [-0.3, -0.25) is 9.59 Å². The largest absolute Gasteiger partial charge is 0.396 e. The maximum absolute atomic E-state index is 11.8. The van der Waals surface area contributed by atoms with Crippen molar-refractivity contribution in [3.05, 3.63) is 0 Å². The third kappa shape index (κ3) is 11.7. The molecule has 5 heteroatoms. The molecule has 0 aromatic rings. The maximum Gasteiger partial charge on any atom is 0.222 e. The van der Waals surface area contributed by atoms with Gasteiger partial charge >= 0.3 is 0 Å². The Morgan fingerprint density at radius 3 is 2.37 bits per heavy atom. The molecule has 0 unspecified atom stereocenters. The number of nitrogens with zero attached hydrogens (tertiary/aromatic N) is 1. The van der Waals surface area contributed by atoms with Crippen LogP contribution in [0.5, 0.6) is 0 Å². The first-order valence-corrected chi connectivity index (χ1v) is 7.17. The highest BCUT2D eigenvalue weighted by molar-refractivity contribution is 5.75. The SMILES string of the molecule is CC(=O)NCCCCCC(=O)N(C)CCCCCO. The van der Waals surface area contributed by atoms with Gasteiger partial charge in [0.25, 0.3) is 0 Å². The molecule has 0 heterocycles. The third-order valence-electron chi connectivity index (χ3n) is 3.02. The molecule has 0 saturated heterocycles. The van der Waals surface area contributed by atoms with E-state index in [0.29, 0.717) is 13.0 Å². The number of hydrogen-bond acceptors (Lipinski definition) is 3. The zero-order chi connectivity index (χ0) is 14.5. The Morgan fingerprint density at radius 2 is 1.74 bits per heavy atom. The standard InChI is InChI=1S/C14H28N2O3/c1-13(18)15-10-6-3-5-9-14(19)16(2)11-7-4-8-12-17/h17H,3-12H2,1-2H3,(H,15,18). The van der Waals surface area contributed by atoms with Crippen LogP contribution in [-0.2, 0) is 9.59 Å². The zero-order valence-electron chi connectivity index (χ0n) is 12.3. The predicted molar refractivity (Wildman–Crippen MR) is 75.7 cm³/mol. The van der Waals surface area contributed by atoms with E-state index in [4.69, 9.17) is 5.11 Å². The smallest absolute Gasteiger partial charge is 0.222 e. The topological polar surface area (TPSA) is 69.6 Å². The van der Waals surface area contributed by atoms with E-state index in [9.17, 15) is 9.59 Å². The average Bonchev–Trinajstić information content (AvgIpc) is 2.37. The molecule has 0 saturated carbocycles. The first-order valence-electron chi connectivity index (χ1n) is 7.17. The van der Waals surface area contributed by atoms with E-state index < -0.39 is 0 Å². The second kappa shape index (κ2) is 12.0. The maximum atomic E-state index is 11.8. The van der Waals surface area contributed by atoms with E-state index in [-0.39, 0.29) is 18.4 Å². The minimum absolute atomic E-state index is 0.00121. The van der Waals surface area contributed by atoms with Gasteiger partial charge in [-0.2, -0.15) is 0 Å². The van der Waals surface area contributed by atoms with Crippen molar-refractivity contribution in [1.82, 2.24) is 10.2 Å². The molecule has 0 aromatic carbocycles. The number of aliphatic hydroxyl groups excluding tert-OH is 1. The van der Waals surface area contributed by atoms with Gasteiger partial charge in [-0.1, -0.05) is 6.42 Å². The van der Waals surface area contributed by atoms with Crippen LogP contribution in [0.3, 0.4) is 0 Å². The van der Waals surface area contributed by atoms with Crippen LogP contribution in [0, 0.1) is 0 Å². The summed E-state index contributed by atoms with van der Waals surface area (Å²) < 4.78 is 0. The van der Waals surface area contributed by atoms with Gasteiger partial charge in [0.15, 0.2) is 0 Å². The molecule has 0 bridgehead atoms. The summed E-state index contributed by atoms with van der Waals surface area (Å²) in [6.45, 7) is 3.20. The van der Waals surface area contributed by atoms with Crippen molar-refractivity contribution in [3.63, 3.8) is 0 Å². The van der Waals surface area contributed by atoms with Crippen LogP contribution in [0.2, 0.25) is 0 Å². The van der Waals surface area contributed by atoms with Gasteiger partial charge in [0.05, 0.1) is 0 Å². The van der Waals surface area contributed by atoms with Crippen LogP contribution < -0.4 is 5.32 Å². The molecule has 0 aromatic heterocycles. The summed E-state index contributed by atoms with van der Waals surface area (Å²) >= 11 is 0. The summed E-state index contributed by atoms with van der Waals surface area (Å²) in [6.07, 6.45) is 6.06. The lowest BCUT2D eigenvalue weighted by molar-refractivity contribution is -0.130. The Morgan fingerprint density at radius 1 is 1.05 bits per heavy atom. The summed E-state index contributed by atoms with van der Waals surface area (Å²) in [5.74, 6) is 0.183. The fraction of sp³-hybridized carbons (Fsp3) is 0.857. The minimum atomic E-state index is -0.00121. The number of carbonyl (C=O) groups excluding carboxylic acids is 2. The fourth-order valence-corrected chi connectivity index (χ4v) is 1.80. The molecule has 0 radical (unpaired) electrons. The number of amides is 2. The van der Waals surface area contributed by atoms with E-state index in [0.717, 1.165) is 45.1 Å². The summed E-state index contributed by atoms with van der Waals surface area (Å²) in [7, 11) is 1.83. The van der Waals surface area contributed by atoms with E-state index in [2.05, 4.69) is 5.32 Å². The lowest BCUT2D eigenvalue weighted by Gasteiger charge is -2.16. The summed E-state index contributed by atoms with van der Waals surface area (Å²) in [5.41, 5.74) is 0. The molecule has 0 spiro atoms.